The van der Waals surface area contributed by atoms with Crippen LogP contribution < -0.4 is 20.1 Å². The number of aryl methyl sites for hydroxylation is 2. The fourth-order valence-corrected chi connectivity index (χ4v) is 4.32. The number of amides is 2. The molecular formula is C30H26Cl2N2O4. The summed E-state index contributed by atoms with van der Waals surface area (Å²) in [6.07, 6.45) is 0. The summed E-state index contributed by atoms with van der Waals surface area (Å²) >= 11 is 12.0. The van der Waals surface area contributed by atoms with Crippen molar-refractivity contribution in [3.8, 4) is 22.6 Å². The van der Waals surface area contributed by atoms with E-state index >= 15 is 0 Å². The van der Waals surface area contributed by atoms with Crippen molar-refractivity contribution >= 4 is 46.4 Å². The molecule has 0 aliphatic carbocycles. The zero-order valence-corrected chi connectivity index (χ0v) is 22.4. The molecule has 0 aromatic heterocycles. The van der Waals surface area contributed by atoms with Crippen LogP contribution in [0.5, 0.6) is 11.5 Å². The molecule has 0 aliphatic heterocycles. The van der Waals surface area contributed by atoms with Crippen molar-refractivity contribution in [2.75, 3.05) is 23.8 Å². The highest BCUT2D eigenvalue weighted by Crippen LogP contribution is 2.34. The summed E-state index contributed by atoms with van der Waals surface area (Å²) in [7, 11) is 0. The van der Waals surface area contributed by atoms with Crippen LogP contribution in [0.4, 0.5) is 11.4 Å². The minimum absolute atomic E-state index is 0.170. The normalized spacial score (nSPS) is 10.5. The van der Waals surface area contributed by atoms with Gasteiger partial charge in [-0.1, -0.05) is 59.6 Å². The molecule has 0 atom stereocenters. The van der Waals surface area contributed by atoms with Crippen LogP contribution in [0, 0.1) is 13.8 Å². The highest BCUT2D eigenvalue weighted by molar-refractivity contribution is 6.31. The smallest absolute Gasteiger partial charge is 0.262 e. The van der Waals surface area contributed by atoms with E-state index in [-0.39, 0.29) is 25.0 Å². The molecule has 194 valence electrons. The van der Waals surface area contributed by atoms with E-state index in [1.807, 2.05) is 50.2 Å². The molecule has 8 heteroatoms. The number of carbonyl (C=O) groups excluding carboxylic acids is 2. The number of ether oxygens (including phenoxy) is 2. The predicted molar refractivity (Wildman–Crippen MR) is 153 cm³/mol. The molecule has 0 fully saturated rings. The molecule has 0 saturated carbocycles. The van der Waals surface area contributed by atoms with Crippen LogP contribution in [0.25, 0.3) is 11.1 Å². The van der Waals surface area contributed by atoms with Gasteiger partial charge in [0.05, 0.1) is 0 Å². The summed E-state index contributed by atoms with van der Waals surface area (Å²) in [5.41, 5.74) is 4.34. The van der Waals surface area contributed by atoms with Crippen LogP contribution >= 0.6 is 23.2 Å². The van der Waals surface area contributed by atoms with Gasteiger partial charge in [0.2, 0.25) is 0 Å². The Morgan fingerprint density at radius 3 is 1.42 bits per heavy atom. The van der Waals surface area contributed by atoms with Crippen LogP contribution in [0.3, 0.4) is 0 Å². The maximum Gasteiger partial charge on any atom is 0.262 e. The summed E-state index contributed by atoms with van der Waals surface area (Å²) in [4.78, 5) is 25.4. The fraction of sp³-hybridized carbons (Fsp3) is 0.133. The maximum absolute atomic E-state index is 12.7. The Morgan fingerprint density at radius 1 is 0.632 bits per heavy atom. The molecule has 0 unspecified atom stereocenters. The number of hydrogen-bond donors (Lipinski definition) is 2. The van der Waals surface area contributed by atoms with Crippen molar-refractivity contribution in [2.45, 2.75) is 13.8 Å². The Balaban J connectivity index is 1.45. The van der Waals surface area contributed by atoms with Gasteiger partial charge in [-0.25, -0.2) is 0 Å². The molecule has 4 aromatic rings. The second-order valence-corrected chi connectivity index (χ2v) is 9.46. The van der Waals surface area contributed by atoms with Crippen LogP contribution in [0.15, 0.2) is 84.9 Å². The van der Waals surface area contributed by atoms with Gasteiger partial charge in [-0.05, 0) is 73.5 Å². The lowest BCUT2D eigenvalue weighted by molar-refractivity contribution is -0.118. The van der Waals surface area contributed by atoms with Gasteiger partial charge in [0.15, 0.2) is 13.2 Å². The van der Waals surface area contributed by atoms with E-state index in [1.165, 1.54) is 0 Å². The quantitative estimate of drug-likeness (QED) is 0.230. The lowest BCUT2D eigenvalue weighted by Crippen LogP contribution is -2.21. The zero-order chi connectivity index (χ0) is 27.1. The lowest BCUT2D eigenvalue weighted by atomic mass is 10.0. The van der Waals surface area contributed by atoms with E-state index < -0.39 is 0 Å². The number of anilines is 2. The third-order valence-electron chi connectivity index (χ3n) is 5.68. The van der Waals surface area contributed by atoms with Gasteiger partial charge in [0.1, 0.15) is 11.5 Å². The minimum atomic E-state index is -0.319. The molecule has 0 heterocycles. The third kappa shape index (κ3) is 7.06. The first-order valence-electron chi connectivity index (χ1n) is 11.9. The molecule has 2 amide bonds. The molecule has 6 nitrogen and oxygen atoms in total. The van der Waals surface area contributed by atoms with Crippen molar-refractivity contribution < 1.29 is 19.1 Å². The van der Waals surface area contributed by atoms with Crippen molar-refractivity contribution in [2.24, 2.45) is 0 Å². The fourth-order valence-electron chi connectivity index (χ4n) is 3.86. The Hall–Kier alpha value is -4.00. The maximum atomic E-state index is 12.7. The highest BCUT2D eigenvalue weighted by atomic mass is 35.5. The molecule has 38 heavy (non-hydrogen) atoms. The average Bonchev–Trinajstić information content (AvgIpc) is 2.88. The van der Waals surface area contributed by atoms with Gasteiger partial charge in [0, 0.05) is 32.5 Å². The Labute approximate surface area is 231 Å². The molecule has 4 rings (SSSR count). The van der Waals surface area contributed by atoms with E-state index in [0.717, 1.165) is 22.3 Å². The largest absolute Gasteiger partial charge is 0.483 e. The Bertz CT molecular complexity index is 1360. The number of rotatable bonds is 9. The van der Waals surface area contributed by atoms with E-state index in [9.17, 15) is 9.59 Å². The molecule has 0 saturated heterocycles. The Kier molecular flexibility index (Phi) is 8.89. The molecular weight excluding hydrogens is 523 g/mol. The molecule has 0 spiro atoms. The lowest BCUT2D eigenvalue weighted by Gasteiger charge is -2.16. The SMILES string of the molecule is Cc1cc(Cl)ccc1OCC(=O)Nc1ccccc1-c1ccccc1NC(=O)COc1ccc(Cl)cc1C. The monoisotopic (exact) mass is 548 g/mol. The van der Waals surface area contributed by atoms with E-state index in [0.29, 0.717) is 32.9 Å². The second-order valence-electron chi connectivity index (χ2n) is 8.58. The van der Waals surface area contributed by atoms with Crippen LogP contribution in [0.1, 0.15) is 11.1 Å². The van der Waals surface area contributed by atoms with E-state index in [1.54, 1.807) is 48.5 Å². The third-order valence-corrected chi connectivity index (χ3v) is 6.15. The van der Waals surface area contributed by atoms with Gasteiger partial charge < -0.3 is 20.1 Å². The van der Waals surface area contributed by atoms with Crippen LogP contribution in [-0.4, -0.2) is 25.0 Å². The van der Waals surface area contributed by atoms with Crippen LogP contribution in [0.2, 0.25) is 10.0 Å². The minimum Gasteiger partial charge on any atom is -0.483 e. The van der Waals surface area contributed by atoms with Crippen molar-refractivity contribution in [1.82, 2.24) is 0 Å². The standard InChI is InChI=1S/C30H26Cl2N2O4/c1-19-15-21(31)11-13-27(19)37-17-29(35)33-25-9-5-3-7-23(25)24-8-4-6-10-26(24)34-30(36)18-38-28-14-12-22(32)16-20(28)2/h3-16H,17-18H2,1-2H3,(H,33,35)(H,34,36). The predicted octanol–water partition coefficient (Wildman–Crippen LogP) is 7.31. The number of carbonyl (C=O) groups is 2. The first kappa shape index (κ1) is 27.0. The van der Waals surface area contributed by atoms with Crippen molar-refractivity contribution in [3.63, 3.8) is 0 Å². The van der Waals surface area contributed by atoms with Crippen molar-refractivity contribution in [3.05, 3.63) is 106 Å². The van der Waals surface area contributed by atoms with Crippen LogP contribution in [-0.2, 0) is 9.59 Å². The molecule has 2 N–H and O–H groups in total. The summed E-state index contributed by atoms with van der Waals surface area (Å²) in [5, 5.41) is 7.02. The van der Waals surface area contributed by atoms with Gasteiger partial charge in [-0.2, -0.15) is 0 Å². The van der Waals surface area contributed by atoms with Gasteiger partial charge in [0.25, 0.3) is 11.8 Å². The number of halogens is 2. The number of nitrogens with one attached hydrogen (secondary N) is 2. The first-order chi connectivity index (χ1) is 18.3. The van der Waals surface area contributed by atoms with E-state index in [2.05, 4.69) is 10.6 Å². The Morgan fingerprint density at radius 2 is 1.03 bits per heavy atom. The number of benzene rings is 4. The first-order valence-corrected chi connectivity index (χ1v) is 12.6. The number of para-hydroxylation sites is 2. The van der Waals surface area contributed by atoms with Gasteiger partial charge in [-0.3, -0.25) is 9.59 Å². The summed E-state index contributed by atoms with van der Waals surface area (Å²) in [6.45, 7) is 3.38. The summed E-state index contributed by atoms with van der Waals surface area (Å²) in [5.74, 6) is 0.531. The average molecular weight is 549 g/mol. The summed E-state index contributed by atoms with van der Waals surface area (Å²) in [6, 6.07) is 25.2. The second kappa shape index (κ2) is 12.5. The van der Waals surface area contributed by atoms with Gasteiger partial charge >= 0.3 is 0 Å². The molecule has 0 bridgehead atoms. The zero-order valence-electron chi connectivity index (χ0n) is 20.9. The topological polar surface area (TPSA) is 76.7 Å². The molecule has 4 aromatic carbocycles. The summed E-state index contributed by atoms with van der Waals surface area (Å²) < 4.78 is 11.4. The number of hydrogen-bond acceptors (Lipinski definition) is 4. The van der Waals surface area contributed by atoms with Gasteiger partial charge in [-0.15, -0.1) is 0 Å². The van der Waals surface area contributed by atoms with E-state index in [4.69, 9.17) is 32.7 Å². The van der Waals surface area contributed by atoms with Crippen molar-refractivity contribution in [1.29, 1.82) is 0 Å². The highest BCUT2D eigenvalue weighted by Gasteiger charge is 2.14. The molecule has 0 radical (unpaired) electrons. The molecule has 0 aliphatic rings.